The van der Waals surface area contributed by atoms with E-state index in [1.54, 1.807) is 0 Å². The van der Waals surface area contributed by atoms with Crippen molar-refractivity contribution in [2.45, 2.75) is 85.0 Å². The molecule has 0 aliphatic carbocycles. The first-order valence-electron chi connectivity index (χ1n) is 10.3. The monoisotopic (exact) mass is 350 g/mol. The molecule has 6 nitrogen and oxygen atoms in total. The molecule has 144 valence electrons. The Labute approximate surface area is 154 Å². The van der Waals surface area contributed by atoms with Crippen LogP contribution in [0.3, 0.4) is 0 Å². The Morgan fingerprint density at radius 1 is 0.480 bits per heavy atom. The third-order valence-corrected chi connectivity index (χ3v) is 4.08. The fraction of sp³-hybridized carbons (Fsp3) is 0.842. The molecule has 1 aromatic heterocycles. The van der Waals surface area contributed by atoms with E-state index in [0.29, 0.717) is 17.8 Å². The summed E-state index contributed by atoms with van der Waals surface area (Å²) in [6.07, 6.45) is 12.3. The summed E-state index contributed by atoms with van der Waals surface area (Å²) in [5, 5.41) is 9.95. The number of nitrogens with one attached hydrogen (secondary N) is 3. The number of unbranched alkanes of at least 4 members (excludes halogenated alkanes) is 7. The normalized spacial score (nSPS) is 10.7. The van der Waals surface area contributed by atoms with E-state index in [1.807, 2.05) is 0 Å². The first kappa shape index (κ1) is 21.5. The third-order valence-electron chi connectivity index (χ3n) is 4.08. The molecule has 0 amide bonds. The number of hydrogen-bond donors (Lipinski definition) is 3. The summed E-state index contributed by atoms with van der Waals surface area (Å²) in [6, 6.07) is 0. The zero-order valence-electron chi connectivity index (χ0n) is 16.5. The predicted molar refractivity (Wildman–Crippen MR) is 108 cm³/mol. The van der Waals surface area contributed by atoms with E-state index in [4.69, 9.17) is 0 Å². The van der Waals surface area contributed by atoms with Crippen LogP contribution in [0.5, 0.6) is 0 Å². The van der Waals surface area contributed by atoms with Crippen LogP contribution in [0.25, 0.3) is 0 Å². The third kappa shape index (κ3) is 10.8. The van der Waals surface area contributed by atoms with E-state index in [0.717, 1.165) is 51.7 Å². The summed E-state index contributed by atoms with van der Waals surface area (Å²) in [5.74, 6) is 1.99. The molecule has 0 radical (unpaired) electrons. The molecular weight excluding hydrogens is 312 g/mol. The molecule has 0 atom stereocenters. The van der Waals surface area contributed by atoms with Crippen LogP contribution < -0.4 is 16.0 Å². The van der Waals surface area contributed by atoms with E-state index < -0.39 is 0 Å². The van der Waals surface area contributed by atoms with Gasteiger partial charge in [-0.1, -0.05) is 65.7 Å². The van der Waals surface area contributed by atoms with Crippen LogP contribution in [-0.2, 0) is 0 Å². The second kappa shape index (κ2) is 14.7. The first-order chi connectivity index (χ1) is 12.3. The molecule has 0 aromatic carbocycles. The van der Waals surface area contributed by atoms with Gasteiger partial charge in [0, 0.05) is 19.6 Å². The summed E-state index contributed by atoms with van der Waals surface area (Å²) >= 11 is 0. The number of anilines is 3. The van der Waals surface area contributed by atoms with Crippen LogP contribution in [0.4, 0.5) is 17.8 Å². The average Bonchev–Trinajstić information content (AvgIpc) is 2.61. The Morgan fingerprint density at radius 2 is 0.840 bits per heavy atom. The summed E-state index contributed by atoms with van der Waals surface area (Å²) in [6.45, 7) is 9.32. The maximum absolute atomic E-state index is 4.50. The lowest BCUT2D eigenvalue weighted by Gasteiger charge is -2.11. The zero-order valence-corrected chi connectivity index (χ0v) is 16.5. The highest BCUT2D eigenvalue weighted by Crippen LogP contribution is 2.11. The van der Waals surface area contributed by atoms with Crippen molar-refractivity contribution in [1.29, 1.82) is 0 Å². The van der Waals surface area contributed by atoms with Gasteiger partial charge in [0.05, 0.1) is 0 Å². The Bertz CT molecular complexity index is 410. The van der Waals surface area contributed by atoms with Crippen LogP contribution >= 0.6 is 0 Å². The molecule has 1 rings (SSSR count). The summed E-state index contributed by atoms with van der Waals surface area (Å²) in [5.41, 5.74) is 0. The minimum absolute atomic E-state index is 0.660. The van der Waals surface area contributed by atoms with Crippen LogP contribution in [-0.4, -0.2) is 34.6 Å². The number of rotatable bonds is 16. The topological polar surface area (TPSA) is 74.8 Å². The van der Waals surface area contributed by atoms with Gasteiger partial charge in [0.25, 0.3) is 0 Å². The minimum atomic E-state index is 0.660. The smallest absolute Gasteiger partial charge is 0.229 e. The van der Waals surface area contributed by atoms with Crippen molar-refractivity contribution >= 4 is 17.8 Å². The number of hydrogen-bond acceptors (Lipinski definition) is 6. The van der Waals surface area contributed by atoms with Crippen molar-refractivity contribution in [3.05, 3.63) is 0 Å². The molecule has 0 spiro atoms. The fourth-order valence-electron chi connectivity index (χ4n) is 2.47. The standard InChI is InChI=1S/C19H38N6/c1-4-7-10-11-12-13-16-22-19-24-17(20-14-8-5-2)23-18(25-19)21-15-9-6-3/h4-16H2,1-3H3,(H3,20,21,22,23,24,25). The van der Waals surface area contributed by atoms with Crippen molar-refractivity contribution in [3.63, 3.8) is 0 Å². The van der Waals surface area contributed by atoms with Gasteiger partial charge in [0.1, 0.15) is 0 Å². The minimum Gasteiger partial charge on any atom is -0.354 e. The lowest BCUT2D eigenvalue weighted by molar-refractivity contribution is 0.616. The van der Waals surface area contributed by atoms with Gasteiger partial charge in [0.2, 0.25) is 17.8 Å². The van der Waals surface area contributed by atoms with E-state index in [1.165, 1.54) is 32.1 Å². The Hall–Kier alpha value is -1.59. The summed E-state index contributed by atoms with van der Waals surface area (Å²) in [4.78, 5) is 13.5. The highest BCUT2D eigenvalue weighted by atomic mass is 15.3. The molecule has 0 fully saturated rings. The lowest BCUT2D eigenvalue weighted by atomic mass is 10.1. The molecule has 3 N–H and O–H groups in total. The van der Waals surface area contributed by atoms with E-state index >= 15 is 0 Å². The highest BCUT2D eigenvalue weighted by molar-refractivity contribution is 5.42. The Kier molecular flexibility index (Phi) is 12.6. The van der Waals surface area contributed by atoms with Crippen molar-refractivity contribution < 1.29 is 0 Å². The van der Waals surface area contributed by atoms with Gasteiger partial charge in [-0.2, -0.15) is 15.0 Å². The maximum Gasteiger partial charge on any atom is 0.229 e. The van der Waals surface area contributed by atoms with E-state index in [-0.39, 0.29) is 0 Å². The van der Waals surface area contributed by atoms with Crippen molar-refractivity contribution in [3.8, 4) is 0 Å². The van der Waals surface area contributed by atoms with Crippen LogP contribution in [0.1, 0.15) is 85.0 Å². The van der Waals surface area contributed by atoms with Gasteiger partial charge in [-0.15, -0.1) is 0 Å². The molecule has 0 bridgehead atoms. The number of nitrogens with zero attached hydrogens (tertiary/aromatic N) is 3. The van der Waals surface area contributed by atoms with Gasteiger partial charge in [0.15, 0.2) is 0 Å². The predicted octanol–water partition coefficient (Wildman–Crippen LogP) is 5.07. The molecule has 6 heteroatoms. The summed E-state index contributed by atoms with van der Waals surface area (Å²) < 4.78 is 0. The van der Waals surface area contributed by atoms with Crippen molar-refractivity contribution in [2.24, 2.45) is 0 Å². The molecule has 0 aliphatic rings. The fourth-order valence-corrected chi connectivity index (χ4v) is 2.47. The second-order valence-electron chi connectivity index (χ2n) is 6.56. The maximum atomic E-state index is 4.50. The van der Waals surface area contributed by atoms with Crippen LogP contribution in [0.15, 0.2) is 0 Å². The van der Waals surface area contributed by atoms with E-state index in [9.17, 15) is 0 Å². The second-order valence-corrected chi connectivity index (χ2v) is 6.56. The molecule has 1 heterocycles. The van der Waals surface area contributed by atoms with Crippen molar-refractivity contribution in [1.82, 2.24) is 15.0 Å². The molecule has 0 saturated heterocycles. The van der Waals surface area contributed by atoms with Gasteiger partial charge in [-0.05, 0) is 19.3 Å². The molecule has 0 unspecified atom stereocenters. The van der Waals surface area contributed by atoms with Crippen LogP contribution in [0, 0.1) is 0 Å². The first-order valence-corrected chi connectivity index (χ1v) is 10.3. The molecule has 0 aliphatic heterocycles. The lowest BCUT2D eigenvalue weighted by Crippen LogP contribution is -2.14. The Balaban J connectivity index is 2.47. The van der Waals surface area contributed by atoms with Crippen molar-refractivity contribution in [2.75, 3.05) is 35.6 Å². The van der Waals surface area contributed by atoms with Crippen LogP contribution in [0.2, 0.25) is 0 Å². The number of aromatic nitrogens is 3. The largest absolute Gasteiger partial charge is 0.354 e. The zero-order chi connectivity index (χ0) is 18.2. The SMILES string of the molecule is CCCCCCCCNc1nc(NCCCC)nc(NCCCC)n1. The van der Waals surface area contributed by atoms with Gasteiger partial charge in [-0.25, -0.2) is 0 Å². The van der Waals surface area contributed by atoms with Gasteiger partial charge < -0.3 is 16.0 Å². The van der Waals surface area contributed by atoms with E-state index in [2.05, 4.69) is 51.7 Å². The van der Waals surface area contributed by atoms with Gasteiger partial charge in [-0.3, -0.25) is 0 Å². The molecule has 25 heavy (non-hydrogen) atoms. The average molecular weight is 351 g/mol. The van der Waals surface area contributed by atoms with Gasteiger partial charge >= 0.3 is 0 Å². The Morgan fingerprint density at radius 3 is 1.28 bits per heavy atom. The molecule has 0 saturated carbocycles. The molecule has 1 aromatic rings. The summed E-state index contributed by atoms with van der Waals surface area (Å²) in [7, 11) is 0. The quantitative estimate of drug-likeness (QED) is 0.361. The highest BCUT2D eigenvalue weighted by Gasteiger charge is 2.06. The molecular formula is C19H38N6.